The minimum atomic E-state index is -4.02. The Bertz CT molecular complexity index is 1120. The average Bonchev–Trinajstić information content (AvgIpc) is 2.95. The van der Waals surface area contributed by atoms with Gasteiger partial charge in [0.25, 0.3) is 10.0 Å². The van der Waals surface area contributed by atoms with Gasteiger partial charge in [-0.15, -0.1) is 0 Å². The van der Waals surface area contributed by atoms with Crippen molar-refractivity contribution in [2.24, 2.45) is 0 Å². The largest absolute Gasteiger partial charge is 0.461 e. The van der Waals surface area contributed by atoms with Gasteiger partial charge in [0.1, 0.15) is 5.69 Å². The molecule has 0 N–H and O–H groups in total. The molecule has 0 aliphatic carbocycles. The highest BCUT2D eigenvalue weighted by Crippen LogP contribution is 2.36. The Kier molecular flexibility index (Phi) is 5.95. The number of aryl methyl sites for hydroxylation is 1. The van der Waals surface area contributed by atoms with Crippen LogP contribution in [0.3, 0.4) is 0 Å². The summed E-state index contributed by atoms with van der Waals surface area (Å²) in [5.41, 5.74) is 2.73. The molecule has 0 saturated carbocycles. The lowest BCUT2D eigenvalue weighted by atomic mass is 10.1. The van der Waals surface area contributed by atoms with E-state index in [2.05, 4.69) is 22.6 Å². The summed E-state index contributed by atoms with van der Waals surface area (Å²) in [5.74, 6) is -0.657. The molecule has 0 saturated heterocycles. The molecule has 3 aromatic rings. The first kappa shape index (κ1) is 20.6. The number of aromatic nitrogens is 1. The maximum absolute atomic E-state index is 13.6. The molecule has 0 spiro atoms. The van der Waals surface area contributed by atoms with Crippen LogP contribution < -0.4 is 0 Å². The standard InChI is InChI=1S/C21H20INO4S/c1-4-27-21(24)19-15(3)18(22)20(16-8-6-5-7-9-16)23(19)28(25,26)17-12-10-14(2)11-13-17/h5-13H,4H2,1-3H3. The molecule has 0 bridgehead atoms. The summed E-state index contributed by atoms with van der Waals surface area (Å²) in [6.45, 7) is 5.48. The molecule has 1 heterocycles. The van der Waals surface area contributed by atoms with Gasteiger partial charge < -0.3 is 4.74 Å². The highest BCUT2D eigenvalue weighted by atomic mass is 127. The second-order valence-electron chi connectivity index (χ2n) is 6.31. The Morgan fingerprint density at radius 3 is 2.21 bits per heavy atom. The number of benzene rings is 2. The van der Waals surface area contributed by atoms with Crippen molar-refractivity contribution < 1.29 is 17.9 Å². The van der Waals surface area contributed by atoms with Crippen LogP contribution in [0.4, 0.5) is 0 Å². The summed E-state index contributed by atoms with van der Waals surface area (Å²) in [5, 5.41) is 0. The zero-order chi connectivity index (χ0) is 20.5. The Hall–Kier alpha value is -2.13. The first-order valence-electron chi connectivity index (χ1n) is 8.74. The molecule has 146 valence electrons. The monoisotopic (exact) mass is 509 g/mol. The van der Waals surface area contributed by atoms with E-state index >= 15 is 0 Å². The predicted molar refractivity (Wildman–Crippen MR) is 117 cm³/mol. The second kappa shape index (κ2) is 8.08. The highest BCUT2D eigenvalue weighted by Gasteiger charge is 2.33. The maximum Gasteiger partial charge on any atom is 0.356 e. The fourth-order valence-electron chi connectivity index (χ4n) is 2.97. The van der Waals surface area contributed by atoms with Crippen LogP contribution in [0.15, 0.2) is 59.5 Å². The molecule has 2 aromatic carbocycles. The van der Waals surface area contributed by atoms with E-state index in [0.29, 0.717) is 20.4 Å². The average molecular weight is 509 g/mol. The molecular formula is C21H20INO4S. The zero-order valence-electron chi connectivity index (χ0n) is 15.8. The number of rotatable bonds is 5. The van der Waals surface area contributed by atoms with Gasteiger partial charge >= 0.3 is 5.97 Å². The molecule has 7 heteroatoms. The van der Waals surface area contributed by atoms with E-state index in [1.807, 2.05) is 37.3 Å². The van der Waals surface area contributed by atoms with Gasteiger partial charge in [-0.1, -0.05) is 48.0 Å². The fourth-order valence-corrected chi connectivity index (χ4v) is 5.52. The molecule has 28 heavy (non-hydrogen) atoms. The van der Waals surface area contributed by atoms with E-state index in [-0.39, 0.29) is 17.2 Å². The van der Waals surface area contributed by atoms with Crippen LogP contribution in [-0.2, 0) is 14.8 Å². The number of carbonyl (C=O) groups is 1. The summed E-state index contributed by atoms with van der Waals surface area (Å²) in [6.07, 6.45) is 0. The molecule has 0 aliphatic heterocycles. The van der Waals surface area contributed by atoms with Crippen molar-refractivity contribution in [2.45, 2.75) is 25.7 Å². The summed E-state index contributed by atoms with van der Waals surface area (Å²) in [7, 11) is -4.02. The lowest BCUT2D eigenvalue weighted by molar-refractivity contribution is 0.0517. The van der Waals surface area contributed by atoms with E-state index in [1.165, 1.54) is 0 Å². The van der Waals surface area contributed by atoms with Crippen LogP contribution >= 0.6 is 22.6 Å². The smallest absolute Gasteiger partial charge is 0.356 e. The summed E-state index contributed by atoms with van der Waals surface area (Å²) < 4.78 is 34.2. The van der Waals surface area contributed by atoms with Crippen LogP contribution in [0.1, 0.15) is 28.5 Å². The Morgan fingerprint density at radius 2 is 1.64 bits per heavy atom. The second-order valence-corrected chi connectivity index (χ2v) is 9.17. The van der Waals surface area contributed by atoms with Gasteiger partial charge in [0.05, 0.1) is 17.2 Å². The summed E-state index contributed by atoms with van der Waals surface area (Å²) in [6, 6.07) is 15.8. The lowest BCUT2D eigenvalue weighted by Crippen LogP contribution is -2.21. The predicted octanol–water partition coefficient (Wildman–Crippen LogP) is 4.79. The fraction of sp³-hybridized carbons (Fsp3) is 0.190. The van der Waals surface area contributed by atoms with Crippen molar-refractivity contribution in [2.75, 3.05) is 6.61 Å². The normalized spacial score (nSPS) is 11.4. The Morgan fingerprint density at radius 1 is 1.04 bits per heavy atom. The number of hydrogen-bond acceptors (Lipinski definition) is 4. The minimum absolute atomic E-state index is 0.0330. The van der Waals surface area contributed by atoms with Crippen LogP contribution in [0.25, 0.3) is 11.3 Å². The summed E-state index contributed by atoms with van der Waals surface area (Å²) >= 11 is 2.09. The minimum Gasteiger partial charge on any atom is -0.461 e. The van der Waals surface area contributed by atoms with Crippen molar-refractivity contribution in [3.63, 3.8) is 0 Å². The van der Waals surface area contributed by atoms with E-state index < -0.39 is 16.0 Å². The maximum atomic E-state index is 13.6. The number of halogens is 1. The summed E-state index contributed by atoms with van der Waals surface area (Å²) in [4.78, 5) is 12.8. The molecule has 3 rings (SSSR count). The van der Waals surface area contributed by atoms with Crippen LogP contribution in [0.5, 0.6) is 0 Å². The van der Waals surface area contributed by atoms with Crippen LogP contribution in [0.2, 0.25) is 0 Å². The van der Waals surface area contributed by atoms with E-state index in [0.717, 1.165) is 9.54 Å². The molecule has 0 aliphatic rings. The number of hydrogen-bond donors (Lipinski definition) is 0. The van der Waals surface area contributed by atoms with Crippen molar-refractivity contribution in [3.8, 4) is 11.3 Å². The van der Waals surface area contributed by atoms with Gasteiger partial charge in [-0.2, -0.15) is 0 Å². The van der Waals surface area contributed by atoms with Crippen molar-refractivity contribution >= 4 is 38.6 Å². The van der Waals surface area contributed by atoms with E-state index in [4.69, 9.17) is 4.74 Å². The third-order valence-corrected chi connectivity index (χ3v) is 7.41. The molecule has 0 amide bonds. The van der Waals surface area contributed by atoms with E-state index in [1.54, 1.807) is 38.1 Å². The topological polar surface area (TPSA) is 65.4 Å². The van der Waals surface area contributed by atoms with Gasteiger partial charge in [0.2, 0.25) is 0 Å². The van der Waals surface area contributed by atoms with Gasteiger partial charge in [-0.25, -0.2) is 17.2 Å². The van der Waals surface area contributed by atoms with Crippen molar-refractivity contribution in [1.82, 2.24) is 3.97 Å². The first-order chi connectivity index (χ1) is 13.3. The molecular weight excluding hydrogens is 489 g/mol. The first-order valence-corrected chi connectivity index (χ1v) is 11.3. The highest BCUT2D eigenvalue weighted by molar-refractivity contribution is 14.1. The quantitative estimate of drug-likeness (QED) is 0.367. The third kappa shape index (κ3) is 3.60. The van der Waals surface area contributed by atoms with E-state index in [9.17, 15) is 13.2 Å². The molecule has 1 aromatic heterocycles. The van der Waals surface area contributed by atoms with Crippen molar-refractivity contribution in [1.29, 1.82) is 0 Å². The Labute approximate surface area is 178 Å². The molecule has 5 nitrogen and oxygen atoms in total. The number of nitrogens with zero attached hydrogens (tertiary/aromatic N) is 1. The molecule has 0 unspecified atom stereocenters. The van der Waals surface area contributed by atoms with Gasteiger partial charge in [-0.3, -0.25) is 0 Å². The number of ether oxygens (including phenoxy) is 1. The lowest BCUT2D eigenvalue weighted by Gasteiger charge is -2.14. The molecule has 0 radical (unpaired) electrons. The van der Waals surface area contributed by atoms with Gasteiger partial charge in [-0.05, 0) is 61.1 Å². The van der Waals surface area contributed by atoms with Crippen molar-refractivity contribution in [3.05, 3.63) is 75.0 Å². The Balaban J connectivity index is 2.38. The van der Waals surface area contributed by atoms with Crippen LogP contribution in [0, 0.1) is 17.4 Å². The van der Waals surface area contributed by atoms with Gasteiger partial charge in [0.15, 0.2) is 0 Å². The van der Waals surface area contributed by atoms with Gasteiger partial charge in [0, 0.05) is 9.13 Å². The number of esters is 1. The zero-order valence-corrected chi connectivity index (χ0v) is 18.7. The molecule has 0 fully saturated rings. The third-order valence-electron chi connectivity index (χ3n) is 4.37. The molecule has 0 atom stereocenters. The SMILES string of the molecule is CCOC(=O)c1c(C)c(I)c(-c2ccccc2)n1S(=O)(=O)c1ccc(C)cc1. The van der Waals surface area contributed by atoms with Crippen LogP contribution in [-0.4, -0.2) is 25.0 Å². The number of carbonyl (C=O) groups excluding carboxylic acids is 1.